The number of rotatable bonds is 2. The first-order chi connectivity index (χ1) is 7.66. The molecule has 1 saturated heterocycles. The molecule has 0 unspecified atom stereocenters. The third kappa shape index (κ3) is 2.97. The van der Waals surface area contributed by atoms with Gasteiger partial charge in [0.1, 0.15) is 5.82 Å². The highest BCUT2D eigenvalue weighted by molar-refractivity contribution is 14.1. The van der Waals surface area contributed by atoms with Gasteiger partial charge in [-0.15, -0.1) is 0 Å². The van der Waals surface area contributed by atoms with Gasteiger partial charge in [-0.25, -0.2) is 4.98 Å². The van der Waals surface area contributed by atoms with Crippen molar-refractivity contribution in [2.24, 2.45) is 0 Å². The zero-order valence-electron chi connectivity index (χ0n) is 8.49. The molecule has 2 atom stereocenters. The highest BCUT2D eigenvalue weighted by atomic mass is 127. The summed E-state index contributed by atoms with van der Waals surface area (Å²) in [7, 11) is 0. The molecule has 0 amide bonds. The Morgan fingerprint density at radius 2 is 2.44 bits per heavy atom. The van der Waals surface area contributed by atoms with Gasteiger partial charge >= 0.3 is 0 Å². The lowest BCUT2D eigenvalue weighted by atomic mass is 10.1. The number of hydrogen-bond acceptors (Lipinski definition) is 4. The van der Waals surface area contributed by atoms with Gasteiger partial charge in [-0.2, -0.15) is 0 Å². The van der Waals surface area contributed by atoms with E-state index in [9.17, 15) is 5.11 Å². The molecule has 88 valence electrons. The Kier molecular flexibility index (Phi) is 4.23. The minimum atomic E-state index is -0.483. The predicted octanol–water partition coefficient (Wildman–Crippen LogP) is 1.90. The lowest BCUT2D eigenvalue weighted by molar-refractivity contribution is -0.0135. The van der Waals surface area contributed by atoms with Crippen molar-refractivity contribution in [3.8, 4) is 0 Å². The third-order valence-corrected chi connectivity index (χ3v) is 3.98. The van der Waals surface area contributed by atoms with Crippen LogP contribution in [0.15, 0.2) is 12.3 Å². The molecule has 4 nitrogen and oxygen atoms in total. The molecule has 0 bridgehead atoms. The van der Waals surface area contributed by atoms with Crippen molar-refractivity contribution < 1.29 is 9.84 Å². The second-order valence-corrected chi connectivity index (χ2v) is 5.23. The maximum atomic E-state index is 9.71. The summed E-state index contributed by atoms with van der Waals surface area (Å²) in [4.78, 5) is 4.17. The van der Waals surface area contributed by atoms with Crippen molar-refractivity contribution in [3.63, 3.8) is 0 Å². The molecule has 1 aliphatic heterocycles. The predicted molar refractivity (Wildman–Crippen MR) is 70.8 cm³/mol. The summed E-state index contributed by atoms with van der Waals surface area (Å²) in [5.74, 6) is 0.736. The van der Waals surface area contributed by atoms with Crippen LogP contribution in [0, 0.1) is 3.57 Å². The number of aliphatic hydroxyl groups excluding tert-OH is 1. The molecular weight excluding hydrogens is 342 g/mol. The van der Waals surface area contributed by atoms with E-state index in [0.29, 0.717) is 18.2 Å². The maximum Gasteiger partial charge on any atom is 0.127 e. The number of ether oxygens (including phenoxy) is 1. The van der Waals surface area contributed by atoms with Gasteiger partial charge in [0, 0.05) is 16.4 Å². The first-order valence-electron chi connectivity index (χ1n) is 5.00. The number of hydrogen-bond donors (Lipinski definition) is 2. The normalized spacial score (nSPS) is 25.4. The van der Waals surface area contributed by atoms with Gasteiger partial charge < -0.3 is 15.2 Å². The Labute approximate surface area is 112 Å². The van der Waals surface area contributed by atoms with Crippen LogP contribution in [0.4, 0.5) is 5.82 Å². The summed E-state index contributed by atoms with van der Waals surface area (Å²) in [5, 5.41) is 13.5. The number of aliphatic hydroxyl groups is 1. The molecule has 0 spiro atoms. The highest BCUT2D eigenvalue weighted by Gasteiger charge is 2.23. The van der Waals surface area contributed by atoms with Crippen molar-refractivity contribution in [1.29, 1.82) is 0 Å². The largest absolute Gasteiger partial charge is 0.389 e. The molecule has 6 heteroatoms. The van der Waals surface area contributed by atoms with Gasteiger partial charge in [0.25, 0.3) is 0 Å². The average Bonchev–Trinajstić information content (AvgIpc) is 2.27. The molecule has 1 fully saturated rings. The number of halogens is 2. The zero-order valence-corrected chi connectivity index (χ0v) is 11.4. The maximum absolute atomic E-state index is 9.71. The van der Waals surface area contributed by atoms with Crippen molar-refractivity contribution in [3.05, 3.63) is 20.9 Å². The van der Waals surface area contributed by atoms with Gasteiger partial charge in [0.2, 0.25) is 0 Å². The van der Waals surface area contributed by atoms with E-state index in [1.165, 1.54) is 0 Å². The summed E-state index contributed by atoms with van der Waals surface area (Å²) in [6, 6.07) is 1.86. The molecule has 0 aliphatic carbocycles. The van der Waals surface area contributed by atoms with Gasteiger partial charge in [0.05, 0.1) is 23.8 Å². The second kappa shape index (κ2) is 5.48. The smallest absolute Gasteiger partial charge is 0.127 e. The number of pyridine rings is 1. The molecular formula is C10H12ClIN2O2. The van der Waals surface area contributed by atoms with Crippen molar-refractivity contribution >= 4 is 40.0 Å². The van der Waals surface area contributed by atoms with E-state index in [4.69, 9.17) is 16.3 Å². The van der Waals surface area contributed by atoms with Crippen molar-refractivity contribution in [1.82, 2.24) is 4.98 Å². The Balaban J connectivity index is 2.05. The summed E-state index contributed by atoms with van der Waals surface area (Å²) in [6.07, 6.45) is 1.91. The van der Waals surface area contributed by atoms with Crippen molar-refractivity contribution in [2.45, 2.75) is 18.6 Å². The van der Waals surface area contributed by atoms with Crippen LogP contribution in [0.5, 0.6) is 0 Å². The summed E-state index contributed by atoms with van der Waals surface area (Å²) in [5.41, 5.74) is 0. The Bertz CT molecular complexity index is 378. The van der Waals surface area contributed by atoms with Crippen LogP contribution >= 0.6 is 34.2 Å². The van der Waals surface area contributed by atoms with Crippen LogP contribution in [0.1, 0.15) is 6.42 Å². The van der Waals surface area contributed by atoms with E-state index in [0.717, 1.165) is 15.8 Å². The van der Waals surface area contributed by atoms with Crippen LogP contribution in [0.3, 0.4) is 0 Å². The summed E-state index contributed by atoms with van der Waals surface area (Å²) >= 11 is 8.04. The van der Waals surface area contributed by atoms with E-state index in [2.05, 4.69) is 32.9 Å². The van der Waals surface area contributed by atoms with Crippen LogP contribution in [-0.2, 0) is 4.74 Å². The quantitative estimate of drug-likeness (QED) is 0.797. The van der Waals surface area contributed by atoms with E-state index < -0.39 is 6.10 Å². The van der Waals surface area contributed by atoms with E-state index in [1.807, 2.05) is 6.07 Å². The van der Waals surface area contributed by atoms with Crippen LogP contribution in [0.25, 0.3) is 0 Å². The van der Waals surface area contributed by atoms with Gasteiger partial charge in [0.15, 0.2) is 0 Å². The van der Waals surface area contributed by atoms with E-state index in [1.54, 1.807) is 6.20 Å². The SMILES string of the molecule is O[C@@H]1COCC[C@H]1Nc1cc(I)c(Cl)cn1. The number of nitrogens with zero attached hydrogens (tertiary/aromatic N) is 1. The second-order valence-electron chi connectivity index (χ2n) is 3.67. The molecule has 16 heavy (non-hydrogen) atoms. The number of anilines is 1. The first-order valence-corrected chi connectivity index (χ1v) is 6.46. The summed E-state index contributed by atoms with van der Waals surface area (Å²) in [6.45, 7) is 1.04. The average molecular weight is 355 g/mol. The molecule has 2 rings (SSSR count). The topological polar surface area (TPSA) is 54.4 Å². The molecule has 2 heterocycles. The lowest BCUT2D eigenvalue weighted by Gasteiger charge is -2.28. The van der Waals surface area contributed by atoms with Crippen LogP contribution in [0.2, 0.25) is 5.02 Å². The fourth-order valence-electron chi connectivity index (χ4n) is 1.57. The lowest BCUT2D eigenvalue weighted by Crippen LogP contribution is -2.42. The van der Waals surface area contributed by atoms with Crippen LogP contribution in [-0.4, -0.2) is 35.5 Å². The number of aromatic nitrogens is 1. The minimum absolute atomic E-state index is 0.00164. The minimum Gasteiger partial charge on any atom is -0.389 e. The Morgan fingerprint density at radius 1 is 1.62 bits per heavy atom. The molecule has 0 aromatic carbocycles. The fourth-order valence-corrected chi connectivity index (χ4v) is 2.11. The van der Waals surface area contributed by atoms with Crippen LogP contribution < -0.4 is 5.32 Å². The van der Waals surface area contributed by atoms with Crippen molar-refractivity contribution in [2.75, 3.05) is 18.5 Å². The fraction of sp³-hybridized carbons (Fsp3) is 0.500. The molecule has 1 aliphatic rings. The van der Waals surface area contributed by atoms with Gasteiger partial charge in [-0.1, -0.05) is 11.6 Å². The Morgan fingerprint density at radius 3 is 3.12 bits per heavy atom. The highest BCUT2D eigenvalue weighted by Crippen LogP contribution is 2.21. The Hall–Kier alpha value is -0.110. The first kappa shape index (κ1) is 12.3. The summed E-state index contributed by atoms with van der Waals surface area (Å²) < 4.78 is 6.10. The third-order valence-electron chi connectivity index (χ3n) is 2.47. The molecule has 2 N–H and O–H groups in total. The molecule has 0 saturated carbocycles. The van der Waals surface area contributed by atoms with Gasteiger partial charge in [-0.05, 0) is 35.1 Å². The molecule has 0 radical (unpaired) electrons. The number of nitrogens with one attached hydrogen (secondary N) is 1. The van der Waals surface area contributed by atoms with Gasteiger partial charge in [-0.3, -0.25) is 0 Å². The van der Waals surface area contributed by atoms with E-state index in [-0.39, 0.29) is 6.04 Å². The molecule has 1 aromatic rings. The zero-order chi connectivity index (χ0) is 11.5. The monoisotopic (exact) mass is 354 g/mol. The molecule has 1 aromatic heterocycles. The standard InChI is InChI=1S/C10H12ClIN2O2/c11-6-4-13-10(3-7(6)12)14-8-1-2-16-5-9(8)15/h3-4,8-9,15H,1-2,5H2,(H,13,14)/t8-,9-/m1/s1. The van der Waals surface area contributed by atoms with E-state index >= 15 is 0 Å².